The van der Waals surface area contributed by atoms with E-state index in [4.69, 9.17) is 16.3 Å². The summed E-state index contributed by atoms with van der Waals surface area (Å²) >= 11 is 6.21. The van der Waals surface area contributed by atoms with Crippen molar-refractivity contribution in [3.8, 4) is 0 Å². The van der Waals surface area contributed by atoms with E-state index in [9.17, 15) is 9.59 Å². The van der Waals surface area contributed by atoms with Gasteiger partial charge in [-0.15, -0.1) is 0 Å². The molecule has 2 aromatic rings. The van der Waals surface area contributed by atoms with Crippen LogP contribution in [0.2, 0.25) is 5.02 Å². The number of benzene rings is 2. The van der Waals surface area contributed by atoms with Crippen LogP contribution < -0.4 is 5.32 Å². The number of carbonyl (C=O) groups is 2. The monoisotopic (exact) mass is 398 g/mol. The van der Waals surface area contributed by atoms with Crippen molar-refractivity contribution in [1.29, 1.82) is 0 Å². The van der Waals surface area contributed by atoms with Crippen LogP contribution in [0.3, 0.4) is 0 Å². The summed E-state index contributed by atoms with van der Waals surface area (Å²) in [6.07, 6.45) is 0.0293. The molecule has 0 saturated heterocycles. The molecule has 1 aliphatic rings. The summed E-state index contributed by atoms with van der Waals surface area (Å²) in [5.74, 6) is -0.697. The van der Waals surface area contributed by atoms with Gasteiger partial charge in [0.15, 0.2) is 0 Å². The van der Waals surface area contributed by atoms with Crippen molar-refractivity contribution in [2.45, 2.75) is 26.9 Å². The maximum absolute atomic E-state index is 13.0. The first-order valence-corrected chi connectivity index (χ1v) is 9.57. The number of carbonyl (C=O) groups excluding carboxylic acids is 2. The third-order valence-corrected chi connectivity index (χ3v) is 4.84. The molecule has 5 nitrogen and oxygen atoms in total. The minimum absolute atomic E-state index is 0.0293. The number of ether oxygens (including phenoxy) is 1. The van der Waals surface area contributed by atoms with Gasteiger partial charge in [0.2, 0.25) is 0 Å². The maximum atomic E-state index is 13.0. The first kappa shape index (κ1) is 20.1. The molecule has 0 fully saturated rings. The van der Waals surface area contributed by atoms with E-state index in [1.54, 1.807) is 6.07 Å². The summed E-state index contributed by atoms with van der Waals surface area (Å²) < 4.78 is 5.52. The molecule has 1 heterocycles. The lowest BCUT2D eigenvalue weighted by Gasteiger charge is -2.16. The Labute approximate surface area is 169 Å². The molecule has 0 unspecified atom stereocenters. The van der Waals surface area contributed by atoms with Crippen molar-refractivity contribution in [1.82, 2.24) is 4.90 Å². The van der Waals surface area contributed by atoms with Gasteiger partial charge in [-0.25, -0.2) is 0 Å². The molecule has 3 rings (SSSR count). The van der Waals surface area contributed by atoms with Gasteiger partial charge in [-0.05, 0) is 44.0 Å². The van der Waals surface area contributed by atoms with E-state index in [0.717, 1.165) is 5.56 Å². The van der Waals surface area contributed by atoms with E-state index in [1.807, 2.05) is 63.2 Å². The Hall–Kier alpha value is -2.63. The zero-order valence-electron chi connectivity index (χ0n) is 16.2. The molecule has 1 N–H and O–H groups in total. The van der Waals surface area contributed by atoms with Crippen LogP contribution in [0.1, 0.15) is 25.0 Å². The molecule has 0 bridgehead atoms. The van der Waals surface area contributed by atoms with Crippen LogP contribution in [0.4, 0.5) is 5.69 Å². The quantitative estimate of drug-likeness (QED) is 0.708. The van der Waals surface area contributed by atoms with Crippen molar-refractivity contribution < 1.29 is 14.3 Å². The number of hydrogen-bond acceptors (Lipinski definition) is 4. The molecular weight excluding hydrogens is 376 g/mol. The number of halogens is 1. The maximum Gasteiger partial charge on any atom is 0.278 e. The van der Waals surface area contributed by atoms with Crippen molar-refractivity contribution >= 4 is 34.7 Å². The average molecular weight is 399 g/mol. The third-order valence-electron chi connectivity index (χ3n) is 4.44. The van der Waals surface area contributed by atoms with Crippen molar-refractivity contribution in [2.24, 2.45) is 0 Å². The number of nitrogens with one attached hydrogen (secondary N) is 1. The van der Waals surface area contributed by atoms with Crippen molar-refractivity contribution in [3.63, 3.8) is 0 Å². The minimum atomic E-state index is -0.368. The zero-order chi connectivity index (χ0) is 20.3. The Morgan fingerprint density at radius 2 is 1.79 bits per heavy atom. The van der Waals surface area contributed by atoms with E-state index in [0.29, 0.717) is 28.5 Å². The van der Waals surface area contributed by atoms with Gasteiger partial charge in [-0.1, -0.05) is 48.0 Å². The van der Waals surface area contributed by atoms with Crippen LogP contribution in [-0.4, -0.2) is 36.0 Å². The Morgan fingerprint density at radius 1 is 1.07 bits per heavy atom. The lowest BCUT2D eigenvalue weighted by molar-refractivity contribution is -0.137. The van der Waals surface area contributed by atoms with E-state index in [1.165, 1.54) is 4.90 Å². The van der Waals surface area contributed by atoms with E-state index >= 15 is 0 Å². The number of nitrogens with zero attached hydrogens (tertiary/aromatic N) is 1. The second-order valence-corrected chi connectivity index (χ2v) is 7.29. The molecule has 28 heavy (non-hydrogen) atoms. The fraction of sp³-hybridized carbons (Fsp3) is 0.273. The molecule has 0 radical (unpaired) electrons. The lowest BCUT2D eigenvalue weighted by atomic mass is 10.0. The van der Waals surface area contributed by atoms with Crippen LogP contribution in [0.15, 0.2) is 54.2 Å². The Kier molecular flexibility index (Phi) is 6.17. The Morgan fingerprint density at radius 3 is 2.43 bits per heavy atom. The number of hydrogen-bond donors (Lipinski definition) is 1. The standard InChI is InChI=1S/C22H23ClN2O3/c1-14(2)28-12-11-25-21(26)19(16-7-5-4-6-8-16)20(22(25)27)24-17-10-9-15(3)18(23)13-17/h4-10,13-14,24H,11-12H2,1-3H3. The topological polar surface area (TPSA) is 58.6 Å². The molecule has 146 valence electrons. The Bertz CT molecular complexity index is 923. The summed E-state index contributed by atoms with van der Waals surface area (Å²) in [5.41, 5.74) is 2.88. The van der Waals surface area contributed by atoms with Gasteiger partial charge in [-0.3, -0.25) is 14.5 Å². The predicted molar refractivity (Wildman–Crippen MR) is 111 cm³/mol. The SMILES string of the molecule is Cc1ccc(NC2=C(c3ccccc3)C(=O)N(CCOC(C)C)C2=O)cc1Cl. The normalized spacial score (nSPS) is 14.4. The van der Waals surface area contributed by atoms with E-state index < -0.39 is 0 Å². The van der Waals surface area contributed by atoms with Gasteiger partial charge in [-0.2, -0.15) is 0 Å². The summed E-state index contributed by atoms with van der Waals surface area (Å²) in [5, 5.41) is 3.70. The van der Waals surface area contributed by atoms with Gasteiger partial charge in [0.25, 0.3) is 11.8 Å². The molecule has 0 spiro atoms. The van der Waals surface area contributed by atoms with Crippen molar-refractivity contribution in [3.05, 3.63) is 70.4 Å². The molecule has 6 heteroatoms. The first-order chi connectivity index (χ1) is 13.4. The summed E-state index contributed by atoms with van der Waals surface area (Å²) in [7, 11) is 0. The van der Waals surface area contributed by atoms with Crippen LogP contribution >= 0.6 is 11.6 Å². The van der Waals surface area contributed by atoms with Crippen LogP contribution in [-0.2, 0) is 14.3 Å². The highest BCUT2D eigenvalue weighted by atomic mass is 35.5. The average Bonchev–Trinajstić information content (AvgIpc) is 2.89. The number of anilines is 1. The molecule has 2 amide bonds. The smallest absolute Gasteiger partial charge is 0.278 e. The van der Waals surface area contributed by atoms with Gasteiger partial charge >= 0.3 is 0 Å². The highest BCUT2D eigenvalue weighted by Gasteiger charge is 2.39. The van der Waals surface area contributed by atoms with Crippen molar-refractivity contribution in [2.75, 3.05) is 18.5 Å². The second-order valence-electron chi connectivity index (χ2n) is 6.89. The molecule has 0 saturated carbocycles. The molecule has 0 aromatic heterocycles. The van der Waals surface area contributed by atoms with E-state index in [-0.39, 0.29) is 30.2 Å². The third kappa shape index (κ3) is 4.26. The van der Waals surface area contributed by atoms with Gasteiger partial charge in [0, 0.05) is 10.7 Å². The van der Waals surface area contributed by atoms with Crippen LogP contribution in [0.25, 0.3) is 5.57 Å². The van der Waals surface area contributed by atoms with Gasteiger partial charge in [0.05, 0.1) is 24.8 Å². The van der Waals surface area contributed by atoms with Gasteiger partial charge < -0.3 is 10.1 Å². The fourth-order valence-electron chi connectivity index (χ4n) is 2.96. The minimum Gasteiger partial charge on any atom is -0.377 e. The second kappa shape index (κ2) is 8.59. The number of amides is 2. The number of aryl methyl sites for hydroxylation is 1. The van der Waals surface area contributed by atoms with E-state index in [2.05, 4.69) is 5.32 Å². The van der Waals surface area contributed by atoms with Crippen LogP contribution in [0, 0.1) is 6.92 Å². The number of imide groups is 1. The predicted octanol–water partition coefficient (Wildman–Crippen LogP) is 4.27. The fourth-order valence-corrected chi connectivity index (χ4v) is 3.14. The highest BCUT2D eigenvalue weighted by molar-refractivity contribution is 6.36. The highest BCUT2D eigenvalue weighted by Crippen LogP contribution is 2.31. The summed E-state index contributed by atoms with van der Waals surface area (Å²) in [6.45, 7) is 6.22. The summed E-state index contributed by atoms with van der Waals surface area (Å²) in [6, 6.07) is 14.6. The largest absolute Gasteiger partial charge is 0.377 e. The summed E-state index contributed by atoms with van der Waals surface area (Å²) in [4.78, 5) is 27.3. The lowest BCUT2D eigenvalue weighted by Crippen LogP contribution is -2.35. The molecule has 0 atom stereocenters. The van der Waals surface area contributed by atoms with Gasteiger partial charge in [0.1, 0.15) is 5.70 Å². The number of rotatable bonds is 7. The molecule has 0 aliphatic carbocycles. The zero-order valence-corrected chi connectivity index (χ0v) is 16.9. The molecule has 2 aromatic carbocycles. The molecule has 1 aliphatic heterocycles. The first-order valence-electron chi connectivity index (χ1n) is 9.19. The molecular formula is C22H23ClN2O3. The van der Waals surface area contributed by atoms with Crippen LogP contribution in [0.5, 0.6) is 0 Å². The Balaban J connectivity index is 1.95.